The van der Waals surface area contributed by atoms with Gasteiger partial charge in [0.25, 0.3) is 0 Å². The minimum absolute atomic E-state index is 0.0227. The zero-order valence-electron chi connectivity index (χ0n) is 17.4. The summed E-state index contributed by atoms with van der Waals surface area (Å²) in [5.74, 6) is 1.69. The first-order valence-electron chi connectivity index (χ1n) is 10.3. The van der Waals surface area contributed by atoms with Crippen LogP contribution in [0.25, 0.3) is 10.8 Å². The second kappa shape index (κ2) is 6.92. The van der Waals surface area contributed by atoms with Crippen LogP contribution in [0, 0.1) is 25.2 Å². The van der Waals surface area contributed by atoms with Crippen molar-refractivity contribution in [1.29, 1.82) is 5.26 Å². The van der Waals surface area contributed by atoms with Gasteiger partial charge in [0.15, 0.2) is 5.82 Å². The number of pyridine rings is 1. The fourth-order valence-corrected chi connectivity index (χ4v) is 4.48. The number of benzene rings is 1. The smallest absolute Gasteiger partial charge is 0.157 e. The number of nitrogens with one attached hydrogen (secondary N) is 1. The molecule has 7 heteroatoms. The summed E-state index contributed by atoms with van der Waals surface area (Å²) in [6.45, 7) is 8.56. The fraction of sp³-hybridized carbons (Fsp3) is 0.391. The van der Waals surface area contributed by atoms with E-state index in [1.165, 1.54) is 0 Å². The zero-order chi connectivity index (χ0) is 20.9. The molecule has 0 aliphatic carbocycles. The maximum Gasteiger partial charge on any atom is 0.157 e. The lowest BCUT2D eigenvalue weighted by Gasteiger charge is -2.58. The summed E-state index contributed by atoms with van der Waals surface area (Å²) >= 11 is 0. The van der Waals surface area contributed by atoms with Crippen LogP contribution in [0.3, 0.4) is 0 Å². The van der Waals surface area contributed by atoms with Crippen LogP contribution in [0.1, 0.15) is 41.8 Å². The Kier molecular flexibility index (Phi) is 4.33. The average Bonchev–Trinajstić information content (AvgIpc) is 2.68. The molecule has 0 saturated carbocycles. The highest BCUT2D eigenvalue weighted by molar-refractivity contribution is 5.94. The molecule has 0 amide bonds. The lowest BCUT2D eigenvalue weighted by Crippen LogP contribution is -2.71. The summed E-state index contributed by atoms with van der Waals surface area (Å²) in [4.78, 5) is 7.07. The van der Waals surface area contributed by atoms with Gasteiger partial charge in [-0.15, -0.1) is 5.10 Å². The Bertz CT molecular complexity index is 1170. The normalized spacial score (nSPS) is 17.9. The number of nitrogens with zero attached hydrogens (tertiary/aromatic N) is 5. The molecule has 30 heavy (non-hydrogen) atoms. The van der Waals surface area contributed by atoms with E-state index in [0.29, 0.717) is 5.56 Å². The molecule has 0 radical (unpaired) electrons. The summed E-state index contributed by atoms with van der Waals surface area (Å²) < 4.78 is 5.47. The van der Waals surface area contributed by atoms with Crippen molar-refractivity contribution in [2.45, 2.75) is 38.8 Å². The van der Waals surface area contributed by atoms with Gasteiger partial charge in [-0.2, -0.15) is 10.4 Å². The lowest BCUT2D eigenvalue weighted by molar-refractivity contribution is -0.0851. The second-order valence-corrected chi connectivity index (χ2v) is 8.34. The van der Waals surface area contributed by atoms with E-state index in [4.69, 9.17) is 9.72 Å². The minimum atomic E-state index is -0.0227. The Hall–Kier alpha value is -3.24. The van der Waals surface area contributed by atoms with Crippen molar-refractivity contribution >= 4 is 22.4 Å². The van der Waals surface area contributed by atoms with E-state index < -0.39 is 0 Å². The van der Waals surface area contributed by atoms with Crippen LogP contribution >= 0.6 is 0 Å². The monoisotopic (exact) mass is 400 g/mol. The molecule has 0 unspecified atom stereocenters. The molecule has 3 aromatic rings. The predicted octanol–water partition coefficient (Wildman–Crippen LogP) is 3.67. The largest absolute Gasteiger partial charge is 0.376 e. The molecule has 0 bridgehead atoms. The number of aromatic nitrogens is 3. The van der Waals surface area contributed by atoms with Crippen molar-refractivity contribution < 1.29 is 4.74 Å². The minimum Gasteiger partial charge on any atom is -0.376 e. The molecule has 2 aliphatic rings. The first-order chi connectivity index (χ1) is 14.5. The van der Waals surface area contributed by atoms with Gasteiger partial charge in [0.2, 0.25) is 0 Å². The molecule has 5 rings (SSSR count). The number of nitriles is 1. The summed E-state index contributed by atoms with van der Waals surface area (Å²) in [5, 5.41) is 23.7. The number of aryl methyl sites for hydroxylation is 1. The van der Waals surface area contributed by atoms with Crippen molar-refractivity contribution in [2.75, 3.05) is 30.0 Å². The van der Waals surface area contributed by atoms with Gasteiger partial charge in [0.05, 0.1) is 42.1 Å². The van der Waals surface area contributed by atoms with E-state index in [9.17, 15) is 5.26 Å². The molecule has 1 atom stereocenters. The van der Waals surface area contributed by atoms with Gasteiger partial charge < -0.3 is 15.0 Å². The van der Waals surface area contributed by atoms with Crippen LogP contribution in [0.5, 0.6) is 0 Å². The van der Waals surface area contributed by atoms with Crippen molar-refractivity contribution in [3.63, 3.8) is 0 Å². The van der Waals surface area contributed by atoms with Crippen LogP contribution in [0.15, 0.2) is 30.5 Å². The van der Waals surface area contributed by atoms with Crippen molar-refractivity contribution in [1.82, 2.24) is 15.2 Å². The molecule has 2 saturated heterocycles. The third kappa shape index (κ3) is 2.79. The fourth-order valence-electron chi connectivity index (χ4n) is 4.48. The van der Waals surface area contributed by atoms with Gasteiger partial charge in [0, 0.05) is 23.5 Å². The highest BCUT2D eigenvalue weighted by atomic mass is 16.5. The maximum absolute atomic E-state index is 9.35. The van der Waals surface area contributed by atoms with Gasteiger partial charge in [-0.05, 0) is 50.5 Å². The molecule has 1 N–H and O–H groups in total. The van der Waals surface area contributed by atoms with E-state index in [0.717, 1.165) is 65.4 Å². The molecule has 4 heterocycles. The molecule has 1 aromatic carbocycles. The molecular weight excluding hydrogens is 376 g/mol. The number of fused-ring (bicyclic) bond motifs is 1. The number of rotatable bonds is 4. The van der Waals surface area contributed by atoms with E-state index >= 15 is 0 Å². The summed E-state index contributed by atoms with van der Waals surface area (Å²) in [5.41, 5.74) is 3.74. The lowest BCUT2D eigenvalue weighted by atomic mass is 9.82. The van der Waals surface area contributed by atoms with Crippen molar-refractivity contribution in [3.8, 4) is 6.07 Å². The Morgan fingerprint density at radius 1 is 1.23 bits per heavy atom. The summed E-state index contributed by atoms with van der Waals surface area (Å²) in [6, 6.07) is 10.2. The highest BCUT2D eigenvalue weighted by Gasteiger charge is 2.51. The number of anilines is 2. The Morgan fingerprint density at radius 2 is 2.07 bits per heavy atom. The first-order valence-corrected chi connectivity index (χ1v) is 10.3. The van der Waals surface area contributed by atoms with E-state index in [2.05, 4.69) is 39.5 Å². The van der Waals surface area contributed by atoms with E-state index in [1.807, 2.05) is 38.2 Å². The molecule has 2 aliphatic heterocycles. The van der Waals surface area contributed by atoms with Gasteiger partial charge in [-0.3, -0.25) is 0 Å². The number of hydrogen-bond donors (Lipinski definition) is 1. The van der Waals surface area contributed by atoms with Crippen LogP contribution in [-0.2, 0) is 4.74 Å². The molecule has 1 spiro atoms. The quantitative estimate of drug-likeness (QED) is 0.715. The van der Waals surface area contributed by atoms with Crippen molar-refractivity contribution in [2.24, 2.45) is 0 Å². The van der Waals surface area contributed by atoms with Gasteiger partial charge in [0.1, 0.15) is 5.82 Å². The van der Waals surface area contributed by atoms with Crippen LogP contribution in [-0.4, -0.2) is 40.5 Å². The SMILES string of the molecule is Cc1c(C#N)cccc1[C@@H](C)Nc1nnc(C)c2cnc(N3CCC34COC4)cc12. The Balaban J connectivity index is 1.52. The van der Waals surface area contributed by atoms with Crippen LogP contribution < -0.4 is 10.2 Å². The Labute approximate surface area is 175 Å². The average molecular weight is 400 g/mol. The van der Waals surface area contributed by atoms with E-state index in [1.54, 1.807) is 0 Å². The third-order valence-electron chi connectivity index (χ3n) is 6.54. The molecule has 152 valence electrons. The van der Waals surface area contributed by atoms with E-state index in [-0.39, 0.29) is 11.6 Å². The third-order valence-corrected chi connectivity index (χ3v) is 6.54. The standard InChI is InChI=1S/C23H24N6O/c1-14-17(10-24)5-4-6-18(14)15(2)26-22-19-9-21(25-11-20(19)16(3)27-28-22)29-8-7-23(29)12-30-13-23/h4-6,9,11,15H,7-8,12-13H2,1-3H3,(H,26,28)/t15-/m1/s1. The molecule has 2 aromatic heterocycles. The number of ether oxygens (including phenoxy) is 1. The summed E-state index contributed by atoms with van der Waals surface area (Å²) in [7, 11) is 0. The highest BCUT2D eigenvalue weighted by Crippen LogP contribution is 2.41. The molecule has 2 fully saturated rings. The van der Waals surface area contributed by atoms with Crippen molar-refractivity contribution in [3.05, 3.63) is 52.8 Å². The molecule has 7 nitrogen and oxygen atoms in total. The Morgan fingerprint density at radius 3 is 2.73 bits per heavy atom. The molecular formula is C23H24N6O. The topological polar surface area (TPSA) is 87.0 Å². The van der Waals surface area contributed by atoms with Gasteiger partial charge >= 0.3 is 0 Å². The second-order valence-electron chi connectivity index (χ2n) is 8.34. The van der Waals surface area contributed by atoms with Crippen LogP contribution in [0.4, 0.5) is 11.6 Å². The maximum atomic E-state index is 9.35. The first kappa shape index (κ1) is 18.8. The van der Waals surface area contributed by atoms with Gasteiger partial charge in [-0.25, -0.2) is 4.98 Å². The predicted molar refractivity (Wildman–Crippen MR) is 116 cm³/mol. The summed E-state index contributed by atoms with van der Waals surface area (Å²) in [6.07, 6.45) is 3.05. The zero-order valence-corrected chi connectivity index (χ0v) is 17.4. The van der Waals surface area contributed by atoms with Gasteiger partial charge in [-0.1, -0.05) is 12.1 Å². The number of hydrogen-bond acceptors (Lipinski definition) is 7. The van der Waals surface area contributed by atoms with Crippen LogP contribution in [0.2, 0.25) is 0 Å².